The highest BCUT2D eigenvalue weighted by Gasteiger charge is 2.59. The number of hydrogen-bond donors (Lipinski definition) is 1. The van der Waals surface area contributed by atoms with Gasteiger partial charge >= 0.3 is 11.9 Å². The van der Waals surface area contributed by atoms with Gasteiger partial charge in [-0.25, -0.2) is 0 Å². The highest BCUT2D eigenvalue weighted by atomic mass is 16.5. The second-order valence-corrected chi connectivity index (χ2v) is 9.96. The van der Waals surface area contributed by atoms with Gasteiger partial charge in [-0.15, -0.1) is 0 Å². The second-order valence-electron chi connectivity index (χ2n) is 9.96. The number of carbonyl (C=O) groups is 2. The lowest BCUT2D eigenvalue weighted by Gasteiger charge is -2.57. The Labute approximate surface area is 179 Å². The third kappa shape index (κ3) is 4.08. The van der Waals surface area contributed by atoms with Gasteiger partial charge in [0.05, 0.1) is 23.9 Å². The van der Waals surface area contributed by atoms with Gasteiger partial charge in [-0.2, -0.15) is 0 Å². The van der Waals surface area contributed by atoms with E-state index in [0.717, 1.165) is 31.2 Å². The number of allylic oxidation sites excluding steroid dienone is 2. The number of hydrogen-bond acceptors (Lipinski definition) is 4. The lowest BCUT2D eigenvalue weighted by atomic mass is 9.47. The van der Waals surface area contributed by atoms with Gasteiger partial charge in [0.25, 0.3) is 0 Å². The van der Waals surface area contributed by atoms with Crippen molar-refractivity contribution >= 4 is 11.9 Å². The third-order valence-corrected chi connectivity index (χ3v) is 7.99. The second kappa shape index (κ2) is 8.60. The van der Waals surface area contributed by atoms with Gasteiger partial charge in [-0.05, 0) is 74.8 Å². The average molecular weight is 417 g/mol. The molecule has 0 saturated heterocycles. The largest absolute Gasteiger partial charge is 0.481 e. The van der Waals surface area contributed by atoms with Crippen molar-refractivity contribution in [2.75, 3.05) is 0 Å². The molecule has 30 heavy (non-hydrogen) atoms. The number of rotatable bonds is 7. The molecule has 1 N–H and O–H groups in total. The number of carboxylic acids is 1. The first kappa shape index (κ1) is 22.6. The molecule has 0 unspecified atom stereocenters. The Morgan fingerprint density at radius 3 is 2.67 bits per heavy atom. The first-order valence-corrected chi connectivity index (χ1v) is 11.2. The number of carbonyl (C=O) groups excluding carboxylic acids is 1. The van der Waals surface area contributed by atoms with Gasteiger partial charge in [0, 0.05) is 6.42 Å². The van der Waals surface area contributed by atoms with Gasteiger partial charge < -0.3 is 14.3 Å². The van der Waals surface area contributed by atoms with Gasteiger partial charge in [-0.3, -0.25) is 9.59 Å². The highest BCUT2D eigenvalue weighted by Crippen LogP contribution is 2.61. The number of carboxylic acid groups (broad SMARTS) is 1. The van der Waals surface area contributed by atoms with Crippen LogP contribution in [0.1, 0.15) is 72.3 Å². The van der Waals surface area contributed by atoms with Gasteiger partial charge in [0.15, 0.2) is 0 Å². The van der Waals surface area contributed by atoms with Crippen LogP contribution in [0.4, 0.5) is 0 Å². The van der Waals surface area contributed by atoms with E-state index in [-0.39, 0.29) is 35.2 Å². The molecule has 0 spiro atoms. The number of ether oxygens (including phenoxy) is 1. The fourth-order valence-corrected chi connectivity index (χ4v) is 6.00. The maximum Gasteiger partial charge on any atom is 0.309 e. The zero-order chi connectivity index (χ0) is 22.1. The first-order chi connectivity index (χ1) is 14.1. The number of aliphatic carboxylic acids is 1. The van der Waals surface area contributed by atoms with Crippen molar-refractivity contribution in [2.24, 2.45) is 28.6 Å². The van der Waals surface area contributed by atoms with Crippen LogP contribution in [-0.2, 0) is 20.7 Å². The van der Waals surface area contributed by atoms with Crippen LogP contribution in [0, 0.1) is 28.6 Å². The van der Waals surface area contributed by atoms with E-state index in [0.29, 0.717) is 12.8 Å². The lowest BCUT2D eigenvalue weighted by Crippen LogP contribution is -2.56. The van der Waals surface area contributed by atoms with Crippen molar-refractivity contribution in [3.8, 4) is 0 Å². The molecule has 1 fully saturated rings. The van der Waals surface area contributed by atoms with Gasteiger partial charge in [0.1, 0.15) is 6.10 Å². The predicted octanol–water partition coefficient (Wildman–Crippen LogP) is 5.64. The molecule has 0 bridgehead atoms. The zero-order valence-corrected chi connectivity index (χ0v) is 18.9. The maximum absolute atomic E-state index is 12.5. The molecule has 1 aromatic rings. The van der Waals surface area contributed by atoms with E-state index >= 15 is 0 Å². The minimum absolute atomic E-state index is 0.0131. The zero-order valence-electron chi connectivity index (χ0n) is 18.9. The van der Waals surface area contributed by atoms with Crippen LogP contribution in [-0.4, -0.2) is 23.1 Å². The maximum atomic E-state index is 12.5. The summed E-state index contributed by atoms with van der Waals surface area (Å²) in [7, 11) is 0. The molecule has 0 aliphatic heterocycles. The van der Waals surface area contributed by atoms with E-state index in [9.17, 15) is 14.7 Å². The van der Waals surface area contributed by atoms with E-state index in [4.69, 9.17) is 9.15 Å². The Kier molecular flexibility index (Phi) is 6.49. The Morgan fingerprint density at radius 1 is 1.33 bits per heavy atom. The molecule has 1 aromatic heterocycles. The summed E-state index contributed by atoms with van der Waals surface area (Å²) in [6.07, 6.45) is 9.73. The molecule has 166 valence electrons. The topological polar surface area (TPSA) is 76.7 Å². The standard InChI is InChI=1S/C25H36O5/c1-6-16(2)22(26)30-19-13-24(4)20(9-8-18-11-12-29-15-18)17(3)7-10-21(24)25(5,14-19)23(27)28/h7,11-12,15-16,19-21H,6,8-10,13-14H2,1-5H3,(H,27,28)/t16-,19-,20+,21-,24-,25-/m1/s1. The molecule has 5 nitrogen and oxygen atoms in total. The van der Waals surface area contributed by atoms with Crippen LogP contribution in [0.25, 0.3) is 0 Å². The summed E-state index contributed by atoms with van der Waals surface area (Å²) in [5, 5.41) is 10.2. The molecule has 0 radical (unpaired) electrons. The van der Waals surface area contributed by atoms with E-state index < -0.39 is 11.4 Å². The quantitative estimate of drug-likeness (QED) is 0.459. The fraction of sp³-hybridized carbons (Fsp3) is 0.680. The molecule has 5 heteroatoms. The first-order valence-electron chi connectivity index (χ1n) is 11.2. The molecule has 0 amide bonds. The molecular formula is C25H36O5. The van der Waals surface area contributed by atoms with Crippen molar-refractivity contribution < 1.29 is 23.8 Å². The molecule has 6 atom stereocenters. The van der Waals surface area contributed by atoms with Crippen molar-refractivity contribution in [1.82, 2.24) is 0 Å². The Hall–Kier alpha value is -2.04. The van der Waals surface area contributed by atoms with E-state index in [2.05, 4.69) is 19.9 Å². The lowest BCUT2D eigenvalue weighted by molar-refractivity contribution is -0.183. The highest BCUT2D eigenvalue weighted by molar-refractivity contribution is 5.76. The summed E-state index contributed by atoms with van der Waals surface area (Å²) in [6, 6.07) is 1.99. The number of aryl methyl sites for hydroxylation is 1. The van der Waals surface area contributed by atoms with Crippen LogP contribution < -0.4 is 0 Å². The van der Waals surface area contributed by atoms with Crippen LogP contribution in [0.5, 0.6) is 0 Å². The minimum Gasteiger partial charge on any atom is -0.481 e. The van der Waals surface area contributed by atoms with Gasteiger partial charge in [0.2, 0.25) is 0 Å². The van der Waals surface area contributed by atoms with E-state index in [1.165, 1.54) is 5.57 Å². The van der Waals surface area contributed by atoms with Crippen LogP contribution in [0.15, 0.2) is 34.7 Å². The molecular weight excluding hydrogens is 380 g/mol. The normalized spacial score (nSPS) is 34.6. The predicted molar refractivity (Wildman–Crippen MR) is 115 cm³/mol. The average Bonchev–Trinajstić information content (AvgIpc) is 3.19. The number of furan rings is 1. The van der Waals surface area contributed by atoms with Crippen molar-refractivity contribution in [3.05, 3.63) is 35.8 Å². The summed E-state index contributed by atoms with van der Waals surface area (Å²) in [5.41, 5.74) is 1.32. The Balaban J connectivity index is 1.91. The smallest absolute Gasteiger partial charge is 0.309 e. The molecule has 0 aromatic carbocycles. The summed E-state index contributed by atoms with van der Waals surface area (Å²) in [6.45, 7) is 10.1. The number of fused-ring (bicyclic) bond motifs is 1. The SMILES string of the molecule is CC[C@@H](C)C(=O)O[C@@H]1C[C@@]2(C)[C@@H](CC=C(C)[C@@H]2CCc2ccoc2)[C@](C)(C(=O)O)C1. The van der Waals surface area contributed by atoms with Crippen LogP contribution in [0.3, 0.4) is 0 Å². The van der Waals surface area contributed by atoms with Crippen LogP contribution >= 0.6 is 0 Å². The fourth-order valence-electron chi connectivity index (χ4n) is 6.00. The molecule has 2 aliphatic carbocycles. The molecule has 3 rings (SSSR count). The minimum atomic E-state index is -0.918. The van der Waals surface area contributed by atoms with E-state index in [1.54, 1.807) is 12.5 Å². The van der Waals surface area contributed by atoms with Crippen molar-refractivity contribution in [1.29, 1.82) is 0 Å². The molecule has 2 aliphatic rings. The van der Waals surface area contributed by atoms with E-state index in [1.807, 2.05) is 26.8 Å². The summed E-state index contributed by atoms with van der Waals surface area (Å²) in [4.78, 5) is 25.0. The molecule has 1 heterocycles. The van der Waals surface area contributed by atoms with Crippen LogP contribution in [0.2, 0.25) is 0 Å². The Morgan fingerprint density at radius 2 is 2.07 bits per heavy atom. The third-order valence-electron chi connectivity index (χ3n) is 7.99. The Bertz CT molecular complexity index is 794. The summed E-state index contributed by atoms with van der Waals surface area (Å²) < 4.78 is 11.1. The monoisotopic (exact) mass is 416 g/mol. The van der Waals surface area contributed by atoms with Crippen molar-refractivity contribution in [2.45, 2.75) is 79.2 Å². The summed E-state index contributed by atoms with van der Waals surface area (Å²) >= 11 is 0. The summed E-state index contributed by atoms with van der Waals surface area (Å²) in [5.74, 6) is -0.912. The molecule has 1 saturated carbocycles. The van der Waals surface area contributed by atoms with Crippen molar-refractivity contribution in [3.63, 3.8) is 0 Å². The van der Waals surface area contributed by atoms with Gasteiger partial charge in [-0.1, -0.05) is 32.4 Å². The number of esters is 1.